The molecule has 2 N–H and O–H groups in total. The molecule has 1 saturated heterocycles. The zero-order chi connectivity index (χ0) is 15.5. The number of primary amides is 1. The number of hydrogen-bond donors (Lipinski definition) is 1. The van der Waals surface area contributed by atoms with E-state index >= 15 is 0 Å². The third-order valence-corrected chi connectivity index (χ3v) is 4.00. The first-order chi connectivity index (χ1) is 10.00. The van der Waals surface area contributed by atoms with E-state index in [2.05, 4.69) is 4.98 Å². The van der Waals surface area contributed by atoms with Gasteiger partial charge in [0.25, 0.3) is 5.91 Å². The van der Waals surface area contributed by atoms with Crippen LogP contribution in [0, 0.1) is 6.92 Å². The molecule has 1 aliphatic heterocycles. The summed E-state index contributed by atoms with van der Waals surface area (Å²) < 4.78 is 5.26. The van der Waals surface area contributed by atoms with Gasteiger partial charge in [0.1, 0.15) is 0 Å². The van der Waals surface area contributed by atoms with Crippen molar-refractivity contribution >= 4 is 11.8 Å². The zero-order valence-corrected chi connectivity index (χ0v) is 12.5. The molecule has 0 saturated carbocycles. The summed E-state index contributed by atoms with van der Waals surface area (Å²) in [5.41, 5.74) is 5.97. The van der Waals surface area contributed by atoms with Gasteiger partial charge in [-0.25, -0.2) is 0 Å². The number of aromatic nitrogens is 1. The second-order valence-corrected chi connectivity index (χ2v) is 5.50. The summed E-state index contributed by atoms with van der Waals surface area (Å²) in [6.45, 7) is 2.71. The summed E-state index contributed by atoms with van der Waals surface area (Å²) in [6.07, 6.45) is 3.32. The van der Waals surface area contributed by atoms with Gasteiger partial charge in [-0.3, -0.25) is 14.6 Å². The van der Waals surface area contributed by atoms with E-state index in [1.165, 1.54) is 0 Å². The van der Waals surface area contributed by atoms with Gasteiger partial charge in [0, 0.05) is 25.5 Å². The van der Waals surface area contributed by atoms with Crippen LogP contribution in [-0.2, 0) is 9.53 Å². The van der Waals surface area contributed by atoms with Gasteiger partial charge in [0.05, 0.1) is 24.1 Å². The maximum absolute atomic E-state index is 12.8. The van der Waals surface area contributed by atoms with Crippen LogP contribution in [-0.4, -0.2) is 47.5 Å². The summed E-state index contributed by atoms with van der Waals surface area (Å²) in [5, 5.41) is 0. The van der Waals surface area contributed by atoms with Crippen LogP contribution in [0.4, 0.5) is 0 Å². The number of carbonyl (C=O) groups excluding carboxylic acids is 2. The first kappa shape index (κ1) is 15.4. The fourth-order valence-electron chi connectivity index (χ4n) is 3.09. The van der Waals surface area contributed by atoms with Crippen LogP contribution in [0.5, 0.6) is 0 Å². The lowest BCUT2D eigenvalue weighted by atomic mass is 9.91. The third-order valence-electron chi connectivity index (χ3n) is 4.00. The van der Waals surface area contributed by atoms with Gasteiger partial charge in [-0.1, -0.05) is 0 Å². The summed E-state index contributed by atoms with van der Waals surface area (Å²) in [6, 6.07) is 3.49. The number of methoxy groups -OCH3 is 1. The third kappa shape index (κ3) is 3.05. The average Bonchev–Trinajstić information content (AvgIpc) is 2.81. The molecule has 1 aromatic heterocycles. The Morgan fingerprint density at radius 3 is 2.90 bits per heavy atom. The number of nitrogens with two attached hydrogens (primary N) is 1. The van der Waals surface area contributed by atoms with Crippen molar-refractivity contribution in [1.29, 1.82) is 0 Å². The van der Waals surface area contributed by atoms with Gasteiger partial charge in [-0.05, 0) is 31.9 Å². The van der Waals surface area contributed by atoms with E-state index in [4.69, 9.17) is 10.5 Å². The number of aryl methyl sites for hydroxylation is 1. The largest absolute Gasteiger partial charge is 0.382 e. The van der Waals surface area contributed by atoms with E-state index in [1.54, 1.807) is 37.3 Å². The molecule has 21 heavy (non-hydrogen) atoms. The zero-order valence-electron chi connectivity index (χ0n) is 12.5. The Hall–Kier alpha value is -1.95. The summed E-state index contributed by atoms with van der Waals surface area (Å²) in [7, 11) is 1.57. The highest BCUT2D eigenvalue weighted by atomic mass is 16.5. The molecule has 1 fully saturated rings. The van der Waals surface area contributed by atoms with E-state index < -0.39 is 11.4 Å². The Morgan fingerprint density at radius 2 is 2.29 bits per heavy atom. The van der Waals surface area contributed by atoms with Crippen LogP contribution < -0.4 is 5.73 Å². The molecule has 1 atom stereocenters. The number of amides is 2. The molecular weight excluding hydrogens is 270 g/mol. The fraction of sp³-hybridized carbons (Fsp3) is 0.533. The quantitative estimate of drug-likeness (QED) is 0.873. The van der Waals surface area contributed by atoms with Crippen molar-refractivity contribution < 1.29 is 14.3 Å². The lowest BCUT2D eigenvalue weighted by Gasteiger charge is -2.37. The first-order valence-electron chi connectivity index (χ1n) is 7.01. The van der Waals surface area contributed by atoms with Crippen LogP contribution >= 0.6 is 0 Å². The van der Waals surface area contributed by atoms with Crippen molar-refractivity contribution in [3.05, 3.63) is 29.6 Å². The minimum absolute atomic E-state index is 0.114. The standard InChI is InChI=1S/C15H21N3O3/c1-11-12(5-3-7-17-11)14(20)18-8-4-6-15(18,10-21-2)9-13(16)19/h3,5,7H,4,6,8-10H2,1-2H3,(H2,16,19). The molecule has 6 nitrogen and oxygen atoms in total. The van der Waals surface area contributed by atoms with Crippen LogP contribution in [0.15, 0.2) is 18.3 Å². The Kier molecular flexibility index (Phi) is 4.57. The predicted octanol–water partition coefficient (Wildman–Crippen LogP) is 0.887. The second kappa shape index (κ2) is 6.22. The number of rotatable bonds is 5. The van der Waals surface area contributed by atoms with Gasteiger partial charge in [-0.2, -0.15) is 0 Å². The number of nitrogens with zero attached hydrogens (tertiary/aromatic N) is 2. The van der Waals surface area contributed by atoms with Crippen molar-refractivity contribution in [3.8, 4) is 0 Å². The maximum atomic E-state index is 12.8. The highest BCUT2D eigenvalue weighted by molar-refractivity contribution is 5.96. The molecule has 0 aromatic carbocycles. The van der Waals surface area contributed by atoms with Crippen molar-refractivity contribution in [1.82, 2.24) is 9.88 Å². The van der Waals surface area contributed by atoms with Crippen LogP contribution in [0.3, 0.4) is 0 Å². The van der Waals surface area contributed by atoms with Crippen molar-refractivity contribution in [2.75, 3.05) is 20.3 Å². The number of pyridine rings is 1. The Morgan fingerprint density at radius 1 is 1.52 bits per heavy atom. The van der Waals surface area contributed by atoms with Crippen LogP contribution in [0.25, 0.3) is 0 Å². The van der Waals surface area contributed by atoms with Gasteiger partial charge in [0.15, 0.2) is 0 Å². The van der Waals surface area contributed by atoms with E-state index in [9.17, 15) is 9.59 Å². The smallest absolute Gasteiger partial charge is 0.256 e. The molecule has 114 valence electrons. The van der Waals surface area contributed by atoms with Crippen LogP contribution in [0.2, 0.25) is 0 Å². The Labute approximate surface area is 124 Å². The van der Waals surface area contributed by atoms with Crippen LogP contribution in [0.1, 0.15) is 35.3 Å². The second-order valence-electron chi connectivity index (χ2n) is 5.50. The molecule has 2 rings (SSSR count). The molecular formula is C15H21N3O3. The van der Waals surface area contributed by atoms with Crippen molar-refractivity contribution in [2.45, 2.75) is 31.7 Å². The van der Waals surface area contributed by atoms with Crippen molar-refractivity contribution in [2.24, 2.45) is 5.73 Å². The first-order valence-corrected chi connectivity index (χ1v) is 7.01. The molecule has 1 aromatic rings. The van der Waals surface area contributed by atoms with E-state index in [1.807, 2.05) is 0 Å². The monoisotopic (exact) mass is 291 g/mol. The highest BCUT2D eigenvalue weighted by Crippen LogP contribution is 2.34. The maximum Gasteiger partial charge on any atom is 0.256 e. The van der Waals surface area contributed by atoms with Gasteiger partial charge < -0.3 is 15.4 Å². The molecule has 1 unspecified atom stereocenters. The molecule has 0 radical (unpaired) electrons. The highest BCUT2D eigenvalue weighted by Gasteiger charge is 2.45. The summed E-state index contributed by atoms with van der Waals surface area (Å²) in [5.74, 6) is -0.536. The lowest BCUT2D eigenvalue weighted by molar-refractivity contribution is -0.121. The Bertz CT molecular complexity index is 547. The molecule has 2 amide bonds. The SMILES string of the molecule is COCC1(CC(N)=O)CCCN1C(=O)c1cccnc1C. The number of likely N-dealkylation sites (tertiary alicyclic amines) is 1. The normalized spacial score (nSPS) is 21.5. The molecule has 6 heteroatoms. The minimum atomic E-state index is -0.639. The van der Waals surface area contributed by atoms with Crippen molar-refractivity contribution in [3.63, 3.8) is 0 Å². The van der Waals surface area contributed by atoms with Gasteiger partial charge >= 0.3 is 0 Å². The summed E-state index contributed by atoms with van der Waals surface area (Å²) >= 11 is 0. The number of carbonyl (C=O) groups is 2. The molecule has 0 aliphatic carbocycles. The molecule has 2 heterocycles. The van der Waals surface area contributed by atoms with E-state index in [-0.39, 0.29) is 12.3 Å². The topological polar surface area (TPSA) is 85.5 Å². The predicted molar refractivity (Wildman–Crippen MR) is 77.7 cm³/mol. The minimum Gasteiger partial charge on any atom is -0.382 e. The number of ether oxygens (including phenoxy) is 1. The Balaban J connectivity index is 2.33. The molecule has 0 spiro atoms. The molecule has 0 bridgehead atoms. The number of hydrogen-bond acceptors (Lipinski definition) is 4. The fourth-order valence-corrected chi connectivity index (χ4v) is 3.09. The summed E-state index contributed by atoms with van der Waals surface area (Å²) in [4.78, 5) is 30.1. The van der Waals surface area contributed by atoms with E-state index in [0.717, 1.165) is 12.8 Å². The molecule has 1 aliphatic rings. The van der Waals surface area contributed by atoms with E-state index in [0.29, 0.717) is 24.4 Å². The van der Waals surface area contributed by atoms with Gasteiger partial charge in [-0.15, -0.1) is 0 Å². The lowest BCUT2D eigenvalue weighted by Crippen LogP contribution is -2.52. The average molecular weight is 291 g/mol. The van der Waals surface area contributed by atoms with Gasteiger partial charge in [0.2, 0.25) is 5.91 Å².